The zero-order chi connectivity index (χ0) is 10.6. The van der Waals surface area contributed by atoms with Gasteiger partial charge in [0.15, 0.2) is 0 Å². The third-order valence-corrected chi connectivity index (χ3v) is 2.43. The van der Waals surface area contributed by atoms with E-state index < -0.39 is 6.04 Å². The maximum atomic E-state index is 11.5. The molecule has 80 valence electrons. The Bertz CT molecular complexity index is 224. The smallest absolute Gasteiger partial charge is 0.242 e. The molecule has 0 aromatic carbocycles. The van der Waals surface area contributed by atoms with Crippen LogP contribution in [-0.4, -0.2) is 38.0 Å². The van der Waals surface area contributed by atoms with Gasteiger partial charge in [-0.05, 0) is 19.9 Å². The molecule has 0 spiro atoms. The van der Waals surface area contributed by atoms with Gasteiger partial charge < -0.3 is 16.0 Å². The predicted molar refractivity (Wildman–Crippen MR) is 52.6 cm³/mol. The molecule has 14 heavy (non-hydrogen) atoms. The van der Waals surface area contributed by atoms with Gasteiger partial charge in [0, 0.05) is 13.6 Å². The maximum Gasteiger partial charge on any atom is 0.242 e. The van der Waals surface area contributed by atoms with Crippen LogP contribution in [0.3, 0.4) is 0 Å². The van der Waals surface area contributed by atoms with Crippen LogP contribution in [0, 0.1) is 5.92 Å². The fourth-order valence-electron chi connectivity index (χ4n) is 1.49. The number of nitrogens with one attached hydrogen (secondary N) is 3. The van der Waals surface area contributed by atoms with Crippen molar-refractivity contribution >= 4 is 11.8 Å². The van der Waals surface area contributed by atoms with Crippen LogP contribution >= 0.6 is 0 Å². The van der Waals surface area contributed by atoms with Gasteiger partial charge in [0.25, 0.3) is 0 Å². The highest BCUT2D eigenvalue weighted by Crippen LogP contribution is 2.07. The Morgan fingerprint density at radius 3 is 2.71 bits per heavy atom. The molecule has 1 heterocycles. The average molecular weight is 199 g/mol. The first-order valence-electron chi connectivity index (χ1n) is 4.88. The summed E-state index contributed by atoms with van der Waals surface area (Å²) in [5, 5.41) is 8.28. The molecule has 0 bridgehead atoms. The molecule has 1 aliphatic rings. The van der Waals surface area contributed by atoms with Crippen molar-refractivity contribution in [2.75, 3.05) is 20.1 Å². The number of likely N-dealkylation sites (N-methyl/N-ethyl adjacent to an activating group) is 1. The number of hydrogen-bond donors (Lipinski definition) is 3. The highest BCUT2D eigenvalue weighted by atomic mass is 16.2. The molecular weight excluding hydrogens is 182 g/mol. The Morgan fingerprint density at radius 2 is 2.21 bits per heavy atom. The van der Waals surface area contributed by atoms with E-state index in [0.717, 1.165) is 13.0 Å². The second-order valence-electron chi connectivity index (χ2n) is 3.53. The first-order chi connectivity index (χ1) is 6.65. The van der Waals surface area contributed by atoms with Crippen LogP contribution in [0.5, 0.6) is 0 Å². The molecule has 1 saturated heterocycles. The third kappa shape index (κ3) is 2.70. The third-order valence-electron chi connectivity index (χ3n) is 2.43. The van der Waals surface area contributed by atoms with Gasteiger partial charge in [0.05, 0.1) is 5.92 Å². The van der Waals surface area contributed by atoms with Crippen LogP contribution in [-0.2, 0) is 9.59 Å². The molecule has 0 aromatic rings. The van der Waals surface area contributed by atoms with E-state index in [1.54, 1.807) is 14.0 Å². The van der Waals surface area contributed by atoms with Gasteiger partial charge >= 0.3 is 0 Å². The van der Waals surface area contributed by atoms with Gasteiger partial charge in [-0.2, -0.15) is 0 Å². The molecule has 1 unspecified atom stereocenters. The van der Waals surface area contributed by atoms with Crippen LogP contribution in [0.25, 0.3) is 0 Å². The average Bonchev–Trinajstić information content (AvgIpc) is 2.69. The summed E-state index contributed by atoms with van der Waals surface area (Å²) in [5.41, 5.74) is 0. The van der Waals surface area contributed by atoms with Gasteiger partial charge in [0.1, 0.15) is 6.04 Å². The van der Waals surface area contributed by atoms with E-state index in [1.807, 2.05) is 0 Å². The molecule has 2 atom stereocenters. The topological polar surface area (TPSA) is 70.2 Å². The fraction of sp³-hybridized carbons (Fsp3) is 0.778. The van der Waals surface area contributed by atoms with Crippen LogP contribution in [0.15, 0.2) is 0 Å². The Hall–Kier alpha value is -1.10. The minimum Gasteiger partial charge on any atom is -0.357 e. The first-order valence-corrected chi connectivity index (χ1v) is 4.88. The van der Waals surface area contributed by atoms with E-state index in [2.05, 4.69) is 16.0 Å². The Kier molecular flexibility index (Phi) is 3.88. The lowest BCUT2D eigenvalue weighted by Gasteiger charge is -2.15. The van der Waals surface area contributed by atoms with Gasteiger partial charge in [-0.3, -0.25) is 9.59 Å². The van der Waals surface area contributed by atoms with Gasteiger partial charge in [-0.1, -0.05) is 0 Å². The summed E-state index contributed by atoms with van der Waals surface area (Å²) in [6.45, 7) is 3.28. The molecule has 3 N–H and O–H groups in total. The fourth-order valence-corrected chi connectivity index (χ4v) is 1.49. The second-order valence-corrected chi connectivity index (χ2v) is 3.53. The van der Waals surface area contributed by atoms with Crippen LogP contribution in [0.4, 0.5) is 0 Å². The van der Waals surface area contributed by atoms with Crippen molar-refractivity contribution in [2.24, 2.45) is 5.92 Å². The summed E-state index contributed by atoms with van der Waals surface area (Å²) < 4.78 is 0. The number of rotatable bonds is 3. The Balaban J connectivity index is 2.35. The first kappa shape index (κ1) is 11.0. The lowest BCUT2D eigenvalue weighted by Crippen LogP contribution is -2.46. The highest BCUT2D eigenvalue weighted by Gasteiger charge is 2.24. The second kappa shape index (κ2) is 4.95. The summed E-state index contributed by atoms with van der Waals surface area (Å²) in [5.74, 6) is -0.183. The number of hydrogen-bond acceptors (Lipinski definition) is 3. The summed E-state index contributed by atoms with van der Waals surface area (Å²) in [6.07, 6.45) is 0.853. The van der Waals surface area contributed by atoms with Crippen LogP contribution < -0.4 is 16.0 Å². The quantitative estimate of drug-likeness (QED) is 0.537. The molecule has 0 aromatic heterocycles. The molecule has 0 aliphatic carbocycles. The molecule has 1 aliphatic heterocycles. The van der Waals surface area contributed by atoms with E-state index in [-0.39, 0.29) is 17.7 Å². The minimum absolute atomic E-state index is 0.0158. The largest absolute Gasteiger partial charge is 0.357 e. The normalized spacial score (nSPS) is 22.9. The van der Waals surface area contributed by atoms with Gasteiger partial charge in [0.2, 0.25) is 11.8 Å². The summed E-state index contributed by atoms with van der Waals surface area (Å²) in [4.78, 5) is 22.7. The monoisotopic (exact) mass is 199 g/mol. The molecule has 0 radical (unpaired) electrons. The molecule has 1 rings (SSSR count). The van der Waals surface area contributed by atoms with Crippen molar-refractivity contribution in [1.82, 2.24) is 16.0 Å². The molecule has 5 heteroatoms. The highest BCUT2D eigenvalue weighted by molar-refractivity contribution is 5.88. The Labute approximate surface area is 83.6 Å². The molecule has 2 amide bonds. The van der Waals surface area contributed by atoms with Crippen molar-refractivity contribution in [2.45, 2.75) is 19.4 Å². The van der Waals surface area contributed by atoms with E-state index in [4.69, 9.17) is 0 Å². The summed E-state index contributed by atoms with van der Waals surface area (Å²) in [6, 6.07) is -0.451. The van der Waals surface area contributed by atoms with Crippen LogP contribution in [0.2, 0.25) is 0 Å². The predicted octanol–water partition coefficient (Wildman–Crippen LogP) is -1.15. The summed E-state index contributed by atoms with van der Waals surface area (Å²) >= 11 is 0. The van der Waals surface area contributed by atoms with E-state index >= 15 is 0 Å². The lowest BCUT2D eigenvalue weighted by atomic mass is 10.1. The summed E-state index contributed by atoms with van der Waals surface area (Å²) in [7, 11) is 1.56. The number of carbonyl (C=O) groups excluding carboxylic acids is 2. The van der Waals surface area contributed by atoms with Gasteiger partial charge in [-0.15, -0.1) is 0 Å². The van der Waals surface area contributed by atoms with E-state index in [1.165, 1.54) is 0 Å². The maximum absolute atomic E-state index is 11.5. The number of amides is 2. The SMILES string of the molecule is CNC(=O)[C@@H](C)NC(=O)C1CCNC1. The molecule has 0 saturated carbocycles. The van der Waals surface area contributed by atoms with Gasteiger partial charge in [-0.25, -0.2) is 0 Å². The molecular formula is C9H17N3O2. The van der Waals surface area contributed by atoms with E-state index in [9.17, 15) is 9.59 Å². The zero-order valence-corrected chi connectivity index (χ0v) is 8.59. The van der Waals surface area contributed by atoms with Crippen LogP contribution in [0.1, 0.15) is 13.3 Å². The molecule has 5 nitrogen and oxygen atoms in total. The van der Waals surface area contributed by atoms with Crippen molar-refractivity contribution < 1.29 is 9.59 Å². The number of carbonyl (C=O) groups is 2. The van der Waals surface area contributed by atoms with E-state index in [0.29, 0.717) is 6.54 Å². The van der Waals surface area contributed by atoms with Crippen molar-refractivity contribution in [3.05, 3.63) is 0 Å². The van der Waals surface area contributed by atoms with Crippen molar-refractivity contribution in [3.63, 3.8) is 0 Å². The Morgan fingerprint density at radius 1 is 1.50 bits per heavy atom. The lowest BCUT2D eigenvalue weighted by molar-refractivity contribution is -0.130. The van der Waals surface area contributed by atoms with Crippen molar-refractivity contribution in [3.8, 4) is 0 Å². The molecule has 1 fully saturated rings. The zero-order valence-electron chi connectivity index (χ0n) is 8.59. The van der Waals surface area contributed by atoms with Crippen molar-refractivity contribution in [1.29, 1.82) is 0 Å². The minimum atomic E-state index is -0.451. The standard InChI is InChI=1S/C9H17N3O2/c1-6(8(13)10-2)12-9(14)7-3-4-11-5-7/h6-7,11H,3-5H2,1-2H3,(H,10,13)(H,12,14)/t6-,7?/m1/s1.